The minimum Gasteiger partial charge on any atom is -0.326 e. The van der Waals surface area contributed by atoms with Gasteiger partial charge in [0.05, 0.1) is 0 Å². The molecule has 1 heterocycles. The number of nitrogens with one attached hydrogen (secondary N) is 2. The SMILES string of the molecule is Cc1cccc(NC(=O)CCSc2c(=O)o[nH][n+]2C)c1C. The molecule has 0 aliphatic heterocycles. The summed E-state index contributed by atoms with van der Waals surface area (Å²) in [5, 5.41) is 5.78. The summed E-state index contributed by atoms with van der Waals surface area (Å²) in [6, 6.07) is 5.80. The third-order valence-electron chi connectivity index (χ3n) is 3.20. The summed E-state index contributed by atoms with van der Waals surface area (Å²) in [6.07, 6.45) is 0.322. The maximum atomic E-state index is 11.9. The lowest BCUT2D eigenvalue weighted by atomic mass is 10.1. The fourth-order valence-electron chi connectivity index (χ4n) is 1.83. The highest BCUT2D eigenvalue weighted by Crippen LogP contribution is 2.18. The average molecular weight is 308 g/mol. The van der Waals surface area contributed by atoms with Crippen LogP contribution in [0.5, 0.6) is 0 Å². The molecule has 0 unspecified atom stereocenters. The standard InChI is InChI=1S/C14H17N3O3S/c1-9-5-4-6-11(10(9)2)15-12(18)7-8-21-13-14(19)20-16-17(13)3/h4-6H,7-8H2,1-3H3,(H-,15,16,18,19)/p+1. The summed E-state index contributed by atoms with van der Waals surface area (Å²) in [7, 11) is 1.68. The summed E-state index contributed by atoms with van der Waals surface area (Å²) in [6.45, 7) is 3.98. The zero-order valence-electron chi connectivity index (χ0n) is 12.2. The maximum absolute atomic E-state index is 11.9. The van der Waals surface area contributed by atoms with Crippen molar-refractivity contribution in [1.29, 1.82) is 0 Å². The Kier molecular flexibility index (Phi) is 4.85. The molecule has 0 spiro atoms. The number of carbonyl (C=O) groups excluding carboxylic acids is 1. The number of nitrogens with zero attached hydrogens (tertiary/aromatic N) is 1. The second-order valence-electron chi connectivity index (χ2n) is 4.74. The molecular weight excluding hydrogens is 290 g/mol. The van der Waals surface area contributed by atoms with Crippen molar-refractivity contribution in [3.63, 3.8) is 0 Å². The highest BCUT2D eigenvalue weighted by molar-refractivity contribution is 7.99. The Labute approximate surface area is 126 Å². The first kappa shape index (κ1) is 15.4. The molecule has 0 fully saturated rings. The van der Waals surface area contributed by atoms with Crippen LogP contribution in [-0.4, -0.2) is 16.9 Å². The number of hydrogen-bond donors (Lipinski definition) is 2. The summed E-state index contributed by atoms with van der Waals surface area (Å²) in [4.78, 5) is 23.3. The summed E-state index contributed by atoms with van der Waals surface area (Å²) >= 11 is 1.29. The topological polar surface area (TPSA) is 79.0 Å². The van der Waals surface area contributed by atoms with Crippen LogP contribution in [0.3, 0.4) is 0 Å². The van der Waals surface area contributed by atoms with Gasteiger partial charge in [-0.3, -0.25) is 9.32 Å². The van der Waals surface area contributed by atoms with Crippen molar-refractivity contribution in [2.75, 3.05) is 11.1 Å². The van der Waals surface area contributed by atoms with Gasteiger partial charge in [0.1, 0.15) is 0 Å². The second-order valence-corrected chi connectivity index (χ2v) is 5.82. The van der Waals surface area contributed by atoms with Crippen LogP contribution in [-0.2, 0) is 11.8 Å². The Morgan fingerprint density at radius 2 is 2.19 bits per heavy atom. The van der Waals surface area contributed by atoms with Gasteiger partial charge in [0.2, 0.25) is 5.91 Å². The number of rotatable bonds is 5. The molecule has 0 aliphatic rings. The first-order chi connectivity index (χ1) is 9.99. The van der Waals surface area contributed by atoms with Gasteiger partial charge in [-0.15, -0.1) is 0 Å². The van der Waals surface area contributed by atoms with Crippen LogP contribution in [0.25, 0.3) is 0 Å². The van der Waals surface area contributed by atoms with E-state index < -0.39 is 5.63 Å². The highest BCUT2D eigenvalue weighted by atomic mass is 32.2. The lowest BCUT2D eigenvalue weighted by molar-refractivity contribution is -0.772. The maximum Gasteiger partial charge on any atom is 0.441 e. The van der Waals surface area contributed by atoms with Gasteiger partial charge in [0, 0.05) is 17.9 Å². The predicted octanol–water partition coefficient (Wildman–Crippen LogP) is 1.53. The second kappa shape index (κ2) is 6.62. The first-order valence-electron chi connectivity index (χ1n) is 6.55. The number of aromatic nitrogens is 2. The van der Waals surface area contributed by atoms with Crippen LogP contribution < -0.4 is 15.6 Å². The van der Waals surface area contributed by atoms with E-state index in [1.807, 2.05) is 32.0 Å². The molecule has 0 saturated carbocycles. The quantitative estimate of drug-likeness (QED) is 0.648. The van der Waals surface area contributed by atoms with Gasteiger partial charge in [-0.25, -0.2) is 4.79 Å². The van der Waals surface area contributed by atoms with Crippen LogP contribution in [0, 0.1) is 13.8 Å². The van der Waals surface area contributed by atoms with E-state index in [1.54, 1.807) is 7.05 Å². The molecule has 1 aromatic carbocycles. The van der Waals surface area contributed by atoms with Crippen molar-refractivity contribution >= 4 is 23.4 Å². The molecule has 112 valence electrons. The summed E-state index contributed by atoms with van der Waals surface area (Å²) in [5.74, 6) is 0.437. The molecule has 2 aromatic rings. The number of aromatic amines is 1. The molecule has 6 nitrogen and oxygen atoms in total. The molecule has 0 saturated heterocycles. The van der Waals surface area contributed by atoms with Gasteiger partial charge in [0.15, 0.2) is 7.05 Å². The van der Waals surface area contributed by atoms with Crippen LogP contribution in [0.1, 0.15) is 17.5 Å². The highest BCUT2D eigenvalue weighted by Gasteiger charge is 2.18. The lowest BCUT2D eigenvalue weighted by Crippen LogP contribution is -2.33. The summed E-state index contributed by atoms with van der Waals surface area (Å²) in [5.41, 5.74) is 2.62. The van der Waals surface area contributed by atoms with Crippen molar-refractivity contribution in [3.05, 3.63) is 39.7 Å². The molecular formula is C14H18N3O3S+. The van der Waals surface area contributed by atoms with Gasteiger partial charge < -0.3 is 5.32 Å². The molecule has 0 atom stereocenters. The number of hydrogen-bond acceptors (Lipinski definition) is 4. The predicted molar refractivity (Wildman–Crippen MR) is 80.4 cm³/mol. The lowest BCUT2D eigenvalue weighted by Gasteiger charge is -2.09. The van der Waals surface area contributed by atoms with Crippen molar-refractivity contribution < 1.29 is 14.0 Å². The van der Waals surface area contributed by atoms with Crippen LogP contribution >= 0.6 is 11.8 Å². The zero-order valence-corrected chi connectivity index (χ0v) is 13.0. The normalized spacial score (nSPS) is 10.6. The number of carbonyl (C=O) groups is 1. The van der Waals surface area contributed by atoms with Crippen molar-refractivity contribution in [2.24, 2.45) is 7.05 Å². The van der Waals surface area contributed by atoms with Crippen LogP contribution in [0.4, 0.5) is 5.69 Å². The van der Waals surface area contributed by atoms with Crippen molar-refractivity contribution in [2.45, 2.75) is 25.3 Å². The third-order valence-corrected chi connectivity index (χ3v) is 4.32. The number of aryl methyl sites for hydroxylation is 2. The Morgan fingerprint density at radius 3 is 2.86 bits per heavy atom. The third kappa shape index (κ3) is 3.75. The molecule has 0 radical (unpaired) electrons. The molecule has 2 N–H and O–H groups in total. The van der Waals surface area contributed by atoms with Crippen LogP contribution in [0.2, 0.25) is 0 Å². The van der Waals surface area contributed by atoms with Gasteiger partial charge in [-0.2, -0.15) is 0 Å². The van der Waals surface area contributed by atoms with Gasteiger partial charge >= 0.3 is 10.7 Å². The van der Waals surface area contributed by atoms with E-state index >= 15 is 0 Å². The minimum atomic E-state index is -0.419. The molecule has 1 aromatic heterocycles. The molecule has 0 bridgehead atoms. The monoisotopic (exact) mass is 308 g/mol. The molecule has 21 heavy (non-hydrogen) atoms. The smallest absolute Gasteiger partial charge is 0.326 e. The average Bonchev–Trinajstić information content (AvgIpc) is 2.75. The Bertz CT molecular complexity index is 706. The van der Waals surface area contributed by atoms with Crippen molar-refractivity contribution in [1.82, 2.24) is 5.27 Å². The largest absolute Gasteiger partial charge is 0.441 e. The molecule has 2 rings (SSSR count). The van der Waals surface area contributed by atoms with E-state index in [9.17, 15) is 9.59 Å². The number of H-pyrrole nitrogens is 1. The Hall–Kier alpha value is -2.02. The fraction of sp³-hybridized carbons (Fsp3) is 0.357. The molecule has 7 heteroatoms. The number of thioether (sulfide) groups is 1. The van der Waals surface area contributed by atoms with E-state index in [2.05, 4.69) is 15.1 Å². The van der Waals surface area contributed by atoms with Gasteiger partial charge in [-0.1, -0.05) is 16.8 Å². The van der Waals surface area contributed by atoms with Gasteiger partial charge in [-0.05, 0) is 48.1 Å². The van der Waals surface area contributed by atoms with Crippen LogP contribution in [0.15, 0.2) is 32.5 Å². The number of benzene rings is 1. The van der Waals surface area contributed by atoms with Crippen molar-refractivity contribution in [3.8, 4) is 0 Å². The van der Waals surface area contributed by atoms with E-state index in [1.165, 1.54) is 16.4 Å². The van der Waals surface area contributed by atoms with E-state index in [-0.39, 0.29) is 5.91 Å². The van der Waals surface area contributed by atoms with E-state index in [4.69, 9.17) is 0 Å². The molecule has 0 aliphatic carbocycles. The fourth-order valence-corrected chi connectivity index (χ4v) is 2.70. The first-order valence-corrected chi connectivity index (χ1v) is 7.54. The van der Waals surface area contributed by atoms with E-state index in [0.717, 1.165) is 16.8 Å². The zero-order chi connectivity index (χ0) is 15.4. The Morgan fingerprint density at radius 1 is 1.43 bits per heavy atom. The number of anilines is 1. The minimum absolute atomic E-state index is 0.0706. The Balaban J connectivity index is 1.88. The van der Waals surface area contributed by atoms with E-state index in [0.29, 0.717) is 17.2 Å². The summed E-state index contributed by atoms with van der Waals surface area (Å²) < 4.78 is 6.13. The molecule has 1 amide bonds. The van der Waals surface area contributed by atoms with Gasteiger partial charge in [0.25, 0.3) is 0 Å². The number of amides is 1.